The molecule has 18 heavy (non-hydrogen) atoms. The maximum Gasteiger partial charge on any atom is 0.266 e. The first-order valence-corrected chi connectivity index (χ1v) is 7.01. The van der Waals surface area contributed by atoms with E-state index in [0.717, 1.165) is 45.1 Å². The van der Waals surface area contributed by atoms with Crippen molar-refractivity contribution in [2.24, 2.45) is 5.92 Å². The predicted molar refractivity (Wildman–Crippen MR) is 64.3 cm³/mol. The number of hydrogen-bond donors (Lipinski definition) is 1. The second-order valence-corrected chi connectivity index (χ2v) is 5.60. The fraction of sp³-hybridized carbons (Fsp3) is 0.846. The minimum atomic E-state index is -0.307. The lowest BCUT2D eigenvalue weighted by atomic mass is 9.97. The summed E-state index contributed by atoms with van der Waals surface area (Å²) in [6, 6.07) is -0.307. The first-order valence-electron chi connectivity index (χ1n) is 7.01. The van der Waals surface area contributed by atoms with E-state index in [9.17, 15) is 9.59 Å². The normalized spacial score (nSPS) is 28.0. The summed E-state index contributed by atoms with van der Waals surface area (Å²) in [4.78, 5) is 31.1. The molecular weight excluding hydrogens is 232 g/mol. The van der Waals surface area contributed by atoms with Gasteiger partial charge in [-0.2, -0.15) is 0 Å². The smallest absolute Gasteiger partial charge is 0.266 e. The zero-order valence-electron chi connectivity index (χ0n) is 10.6. The summed E-state index contributed by atoms with van der Waals surface area (Å²) in [5.74, 6) is 0.204. The Balaban J connectivity index is 1.52. The number of carbonyl (C=O) groups excluding carboxylic acids is 2. The fourth-order valence-corrected chi connectivity index (χ4v) is 2.57. The average Bonchev–Trinajstić information content (AvgIpc) is 3.03. The average molecular weight is 252 g/mol. The molecule has 100 valence electrons. The Morgan fingerprint density at radius 1 is 1.06 bits per heavy atom. The monoisotopic (exact) mass is 252 g/mol. The first-order chi connectivity index (χ1) is 8.75. The highest BCUT2D eigenvalue weighted by Gasteiger charge is 2.41. The van der Waals surface area contributed by atoms with Crippen LogP contribution < -0.4 is 5.48 Å². The van der Waals surface area contributed by atoms with E-state index in [1.54, 1.807) is 4.90 Å². The Bertz CT molecular complexity index is 350. The van der Waals surface area contributed by atoms with Crippen LogP contribution in [0, 0.1) is 5.92 Å². The van der Waals surface area contributed by atoms with Gasteiger partial charge in [-0.3, -0.25) is 14.4 Å². The number of carbonyl (C=O) groups is 2. The van der Waals surface area contributed by atoms with E-state index in [1.807, 2.05) is 0 Å². The molecule has 5 heteroatoms. The van der Waals surface area contributed by atoms with E-state index >= 15 is 0 Å². The van der Waals surface area contributed by atoms with Crippen molar-refractivity contribution in [1.82, 2.24) is 10.4 Å². The van der Waals surface area contributed by atoms with Crippen LogP contribution >= 0.6 is 0 Å². The summed E-state index contributed by atoms with van der Waals surface area (Å²) in [6.45, 7) is 0.719. The summed E-state index contributed by atoms with van der Waals surface area (Å²) in [7, 11) is 0. The van der Waals surface area contributed by atoms with Gasteiger partial charge in [-0.05, 0) is 44.9 Å². The van der Waals surface area contributed by atoms with Crippen molar-refractivity contribution in [3.8, 4) is 0 Å². The molecule has 2 aliphatic carbocycles. The quantitative estimate of drug-likeness (QED) is 0.759. The number of hydroxylamine groups is 1. The molecule has 0 bridgehead atoms. The van der Waals surface area contributed by atoms with Gasteiger partial charge in [0.1, 0.15) is 6.04 Å². The molecule has 1 saturated heterocycles. The minimum absolute atomic E-state index is 0.145. The third kappa shape index (κ3) is 2.36. The largest absolute Gasteiger partial charge is 0.330 e. The molecule has 3 aliphatic rings. The number of nitrogens with one attached hydrogen (secondary N) is 1. The lowest BCUT2D eigenvalue weighted by Crippen LogP contribution is -2.47. The van der Waals surface area contributed by atoms with E-state index in [4.69, 9.17) is 4.84 Å². The Morgan fingerprint density at radius 3 is 2.44 bits per heavy atom. The molecule has 0 aromatic carbocycles. The summed E-state index contributed by atoms with van der Waals surface area (Å²) in [6.07, 6.45) is 7.06. The molecule has 3 rings (SSSR count). The van der Waals surface area contributed by atoms with Gasteiger partial charge in [0.2, 0.25) is 5.91 Å². The van der Waals surface area contributed by atoms with Crippen molar-refractivity contribution in [2.45, 2.75) is 57.1 Å². The molecule has 5 nitrogen and oxygen atoms in total. The maximum atomic E-state index is 12.0. The van der Waals surface area contributed by atoms with Gasteiger partial charge in [-0.1, -0.05) is 0 Å². The van der Waals surface area contributed by atoms with Gasteiger partial charge in [-0.25, -0.2) is 5.48 Å². The van der Waals surface area contributed by atoms with E-state index < -0.39 is 0 Å². The van der Waals surface area contributed by atoms with Crippen molar-refractivity contribution in [3.63, 3.8) is 0 Å². The van der Waals surface area contributed by atoms with Crippen molar-refractivity contribution in [3.05, 3.63) is 0 Å². The molecule has 1 atom stereocenters. The second kappa shape index (κ2) is 4.88. The highest BCUT2D eigenvalue weighted by molar-refractivity contribution is 5.89. The molecule has 0 aromatic heterocycles. The van der Waals surface area contributed by atoms with Crippen LogP contribution in [0.15, 0.2) is 0 Å². The Kier molecular flexibility index (Phi) is 3.24. The summed E-state index contributed by atoms with van der Waals surface area (Å²) >= 11 is 0. The van der Waals surface area contributed by atoms with Crippen molar-refractivity contribution < 1.29 is 14.4 Å². The van der Waals surface area contributed by atoms with Crippen LogP contribution in [-0.4, -0.2) is 35.4 Å². The molecular formula is C13H20N2O3. The summed E-state index contributed by atoms with van der Waals surface area (Å²) in [5, 5.41) is 0. The first kappa shape index (κ1) is 12.0. The van der Waals surface area contributed by atoms with Crippen LogP contribution in [0.1, 0.15) is 44.9 Å². The van der Waals surface area contributed by atoms with E-state index in [-0.39, 0.29) is 29.9 Å². The summed E-state index contributed by atoms with van der Waals surface area (Å²) in [5.41, 5.74) is 2.54. The minimum Gasteiger partial charge on any atom is -0.330 e. The van der Waals surface area contributed by atoms with Gasteiger partial charge in [-0.15, -0.1) is 0 Å². The van der Waals surface area contributed by atoms with E-state index in [0.29, 0.717) is 0 Å². The van der Waals surface area contributed by atoms with Crippen LogP contribution in [0.5, 0.6) is 0 Å². The molecule has 2 amide bonds. The Hall–Kier alpha value is -1.10. The second-order valence-electron chi connectivity index (χ2n) is 5.60. The van der Waals surface area contributed by atoms with Gasteiger partial charge in [0.15, 0.2) is 0 Å². The van der Waals surface area contributed by atoms with Crippen LogP contribution in [-0.2, 0) is 14.4 Å². The van der Waals surface area contributed by atoms with Gasteiger partial charge in [0.05, 0.1) is 6.10 Å². The number of rotatable bonds is 4. The van der Waals surface area contributed by atoms with Crippen molar-refractivity contribution >= 4 is 11.8 Å². The van der Waals surface area contributed by atoms with Crippen LogP contribution in [0.25, 0.3) is 0 Å². The molecule has 1 N–H and O–H groups in total. The maximum absolute atomic E-state index is 12.0. The SMILES string of the molecule is O=C(NOC1CCC1)[C@@H]1CCCN1C(=O)C1CC1. The molecule has 0 unspecified atom stereocenters. The van der Waals surface area contributed by atoms with Gasteiger partial charge in [0, 0.05) is 12.5 Å². The molecule has 2 saturated carbocycles. The van der Waals surface area contributed by atoms with Crippen LogP contribution in [0.4, 0.5) is 0 Å². The lowest BCUT2D eigenvalue weighted by molar-refractivity contribution is -0.151. The molecule has 3 fully saturated rings. The Morgan fingerprint density at radius 2 is 1.83 bits per heavy atom. The van der Waals surface area contributed by atoms with Gasteiger partial charge >= 0.3 is 0 Å². The molecule has 0 radical (unpaired) electrons. The third-order valence-electron chi connectivity index (χ3n) is 4.14. The topological polar surface area (TPSA) is 58.6 Å². The van der Waals surface area contributed by atoms with Gasteiger partial charge < -0.3 is 4.90 Å². The highest BCUT2D eigenvalue weighted by Crippen LogP contribution is 2.33. The number of hydrogen-bond acceptors (Lipinski definition) is 3. The molecule has 0 spiro atoms. The van der Waals surface area contributed by atoms with Crippen molar-refractivity contribution in [2.75, 3.05) is 6.54 Å². The van der Waals surface area contributed by atoms with E-state index in [1.165, 1.54) is 6.42 Å². The number of likely N-dealkylation sites (tertiary alicyclic amines) is 1. The highest BCUT2D eigenvalue weighted by atomic mass is 16.7. The van der Waals surface area contributed by atoms with Crippen LogP contribution in [0.2, 0.25) is 0 Å². The zero-order chi connectivity index (χ0) is 12.5. The van der Waals surface area contributed by atoms with Gasteiger partial charge in [0.25, 0.3) is 5.91 Å². The summed E-state index contributed by atoms with van der Waals surface area (Å²) < 4.78 is 0. The van der Waals surface area contributed by atoms with Crippen molar-refractivity contribution in [1.29, 1.82) is 0 Å². The van der Waals surface area contributed by atoms with E-state index in [2.05, 4.69) is 5.48 Å². The zero-order valence-corrected chi connectivity index (χ0v) is 10.6. The molecule has 1 aliphatic heterocycles. The Labute approximate surface area is 107 Å². The van der Waals surface area contributed by atoms with Crippen LogP contribution in [0.3, 0.4) is 0 Å². The number of amides is 2. The molecule has 1 heterocycles. The number of nitrogens with zero attached hydrogens (tertiary/aromatic N) is 1. The standard InChI is InChI=1S/C13H20N2O3/c16-12(14-18-10-3-1-4-10)11-5-2-8-15(11)13(17)9-6-7-9/h9-11H,1-8H2,(H,14,16)/t11-/m0/s1. The fourth-order valence-electron chi connectivity index (χ4n) is 2.57. The molecule has 0 aromatic rings. The lowest BCUT2D eigenvalue weighted by Gasteiger charge is -2.27. The predicted octanol–water partition coefficient (Wildman–Crippen LogP) is 0.988. The third-order valence-corrected chi connectivity index (χ3v) is 4.14.